The number of halogens is 4. The van der Waals surface area contributed by atoms with Crippen molar-refractivity contribution in [2.45, 2.75) is 19.6 Å². The summed E-state index contributed by atoms with van der Waals surface area (Å²) in [7, 11) is 0. The molecule has 0 saturated carbocycles. The van der Waals surface area contributed by atoms with Crippen molar-refractivity contribution in [1.82, 2.24) is 9.55 Å². The van der Waals surface area contributed by atoms with Crippen LogP contribution < -0.4 is 5.32 Å². The van der Waals surface area contributed by atoms with E-state index in [1.807, 2.05) is 6.92 Å². The van der Waals surface area contributed by atoms with Gasteiger partial charge in [-0.1, -0.05) is 22.0 Å². The molecule has 1 aromatic carbocycles. The van der Waals surface area contributed by atoms with Crippen LogP contribution in [0.4, 0.5) is 24.8 Å². The molecule has 0 aliphatic rings. The van der Waals surface area contributed by atoms with Crippen molar-refractivity contribution in [1.29, 1.82) is 0 Å². The molecule has 2 aromatic rings. The van der Waals surface area contributed by atoms with Crippen LogP contribution in [0.5, 0.6) is 0 Å². The molecule has 21 heavy (non-hydrogen) atoms. The number of nitrogens with zero attached hydrogens (tertiary/aromatic N) is 2. The van der Waals surface area contributed by atoms with Gasteiger partial charge in [0.1, 0.15) is 0 Å². The standard InChI is InChI=1S/C14H13BrF3N3/c1-3-4-21-8-9(2)19-13(21)20-12-6-10(14(16,17)18)5-11(15)7-12/h3,5-8H,1,4H2,2H3,(H,19,20). The van der Waals surface area contributed by atoms with Crippen molar-refractivity contribution >= 4 is 27.6 Å². The van der Waals surface area contributed by atoms with Gasteiger partial charge in [0.2, 0.25) is 5.95 Å². The Kier molecular flexibility index (Phi) is 4.41. The van der Waals surface area contributed by atoms with Gasteiger partial charge in [-0.3, -0.25) is 0 Å². The molecule has 7 heteroatoms. The predicted octanol–water partition coefficient (Wildman–Crippen LogP) is 4.90. The summed E-state index contributed by atoms with van der Waals surface area (Å²) in [5.74, 6) is 0.471. The highest BCUT2D eigenvalue weighted by molar-refractivity contribution is 9.10. The lowest BCUT2D eigenvalue weighted by Crippen LogP contribution is -2.07. The number of rotatable bonds is 4. The quantitative estimate of drug-likeness (QED) is 0.786. The van der Waals surface area contributed by atoms with Gasteiger partial charge in [0, 0.05) is 22.9 Å². The third-order valence-electron chi connectivity index (χ3n) is 2.70. The SMILES string of the molecule is C=CCn1cc(C)nc1Nc1cc(Br)cc(C(F)(F)F)c1. The van der Waals surface area contributed by atoms with Gasteiger partial charge >= 0.3 is 6.18 Å². The molecular weight excluding hydrogens is 347 g/mol. The zero-order valence-electron chi connectivity index (χ0n) is 11.2. The Labute approximate surface area is 128 Å². The summed E-state index contributed by atoms with van der Waals surface area (Å²) in [6, 6.07) is 3.65. The third-order valence-corrected chi connectivity index (χ3v) is 3.16. The van der Waals surface area contributed by atoms with Gasteiger partial charge in [-0.25, -0.2) is 4.98 Å². The summed E-state index contributed by atoms with van der Waals surface area (Å²) >= 11 is 3.09. The first-order valence-electron chi connectivity index (χ1n) is 6.09. The number of nitrogens with one attached hydrogen (secondary N) is 1. The van der Waals surface area contributed by atoms with Crippen LogP contribution in [0.15, 0.2) is 41.5 Å². The molecule has 0 fully saturated rings. The van der Waals surface area contributed by atoms with Crippen molar-refractivity contribution in [3.8, 4) is 0 Å². The molecule has 3 nitrogen and oxygen atoms in total. The Morgan fingerprint density at radius 2 is 2.10 bits per heavy atom. The number of aryl methyl sites for hydroxylation is 1. The first kappa shape index (κ1) is 15.6. The fourth-order valence-electron chi connectivity index (χ4n) is 1.88. The second-order valence-electron chi connectivity index (χ2n) is 4.50. The molecule has 0 aliphatic carbocycles. The van der Waals surface area contributed by atoms with Gasteiger partial charge in [-0.15, -0.1) is 6.58 Å². The molecular formula is C14H13BrF3N3. The second kappa shape index (κ2) is 5.93. The monoisotopic (exact) mass is 359 g/mol. The Morgan fingerprint density at radius 1 is 1.38 bits per heavy atom. The molecule has 1 heterocycles. The van der Waals surface area contributed by atoms with Gasteiger partial charge in [-0.2, -0.15) is 13.2 Å². The zero-order chi connectivity index (χ0) is 15.6. The largest absolute Gasteiger partial charge is 0.416 e. The van der Waals surface area contributed by atoms with Crippen LogP contribution in [0.2, 0.25) is 0 Å². The van der Waals surface area contributed by atoms with Gasteiger partial charge in [0.25, 0.3) is 0 Å². The number of allylic oxidation sites excluding steroid dienone is 1. The van der Waals surface area contributed by atoms with Crippen molar-refractivity contribution in [2.24, 2.45) is 0 Å². The van der Waals surface area contributed by atoms with E-state index >= 15 is 0 Å². The summed E-state index contributed by atoms with van der Waals surface area (Å²) in [6.45, 7) is 5.97. The molecule has 2 rings (SSSR count). The number of imidazole rings is 1. The maximum Gasteiger partial charge on any atom is 0.416 e. The van der Waals surface area contributed by atoms with Crippen LogP contribution in [-0.4, -0.2) is 9.55 Å². The van der Waals surface area contributed by atoms with E-state index in [1.165, 1.54) is 0 Å². The van der Waals surface area contributed by atoms with Crippen LogP contribution in [-0.2, 0) is 12.7 Å². The molecule has 0 unspecified atom stereocenters. The van der Waals surface area contributed by atoms with Crippen molar-refractivity contribution in [3.63, 3.8) is 0 Å². The van der Waals surface area contributed by atoms with E-state index in [0.29, 0.717) is 22.7 Å². The summed E-state index contributed by atoms with van der Waals surface area (Å²) in [5.41, 5.74) is 0.357. The van der Waals surface area contributed by atoms with E-state index in [1.54, 1.807) is 22.9 Å². The fourth-order valence-corrected chi connectivity index (χ4v) is 2.37. The average Bonchev–Trinajstić information content (AvgIpc) is 2.68. The van der Waals surface area contributed by atoms with Gasteiger partial charge in [0.15, 0.2) is 0 Å². The summed E-state index contributed by atoms with van der Waals surface area (Å²) in [6.07, 6.45) is -0.909. The lowest BCUT2D eigenvalue weighted by molar-refractivity contribution is -0.137. The highest BCUT2D eigenvalue weighted by atomic mass is 79.9. The summed E-state index contributed by atoms with van der Waals surface area (Å²) in [4.78, 5) is 4.25. The number of benzene rings is 1. The Balaban J connectivity index is 2.35. The molecule has 0 spiro atoms. The Bertz CT molecular complexity index is 662. The molecule has 0 aliphatic heterocycles. The lowest BCUT2D eigenvalue weighted by atomic mass is 10.2. The predicted molar refractivity (Wildman–Crippen MR) is 79.6 cm³/mol. The minimum atomic E-state index is -4.40. The van der Waals surface area contributed by atoms with E-state index in [0.717, 1.165) is 17.8 Å². The van der Waals surface area contributed by atoms with Crippen LogP contribution in [0.1, 0.15) is 11.3 Å². The van der Waals surface area contributed by atoms with Crippen LogP contribution in [0, 0.1) is 6.92 Å². The number of hydrogen-bond acceptors (Lipinski definition) is 2. The molecule has 1 N–H and O–H groups in total. The Morgan fingerprint density at radius 3 is 2.71 bits per heavy atom. The number of hydrogen-bond donors (Lipinski definition) is 1. The highest BCUT2D eigenvalue weighted by Gasteiger charge is 2.31. The molecule has 0 bridgehead atoms. The van der Waals surface area contributed by atoms with Crippen LogP contribution in [0.3, 0.4) is 0 Å². The van der Waals surface area contributed by atoms with Crippen LogP contribution in [0.25, 0.3) is 0 Å². The maximum atomic E-state index is 12.8. The molecule has 112 valence electrons. The second-order valence-corrected chi connectivity index (χ2v) is 5.41. The van der Waals surface area contributed by atoms with Gasteiger partial charge in [0.05, 0.1) is 11.3 Å². The van der Waals surface area contributed by atoms with Gasteiger partial charge in [-0.05, 0) is 25.1 Å². The molecule has 0 atom stereocenters. The molecule has 0 amide bonds. The third kappa shape index (κ3) is 3.87. The highest BCUT2D eigenvalue weighted by Crippen LogP contribution is 2.34. The molecule has 1 aromatic heterocycles. The van der Waals surface area contributed by atoms with E-state index in [-0.39, 0.29) is 0 Å². The van der Waals surface area contributed by atoms with Gasteiger partial charge < -0.3 is 9.88 Å². The summed E-state index contributed by atoms with van der Waals surface area (Å²) in [5, 5.41) is 2.91. The van der Waals surface area contributed by atoms with E-state index in [9.17, 15) is 13.2 Å². The summed E-state index contributed by atoms with van der Waals surface area (Å²) < 4.78 is 40.5. The van der Waals surface area contributed by atoms with E-state index in [4.69, 9.17) is 0 Å². The van der Waals surface area contributed by atoms with Crippen LogP contribution >= 0.6 is 15.9 Å². The van der Waals surface area contributed by atoms with Crippen molar-refractivity contribution < 1.29 is 13.2 Å². The topological polar surface area (TPSA) is 29.9 Å². The first-order valence-corrected chi connectivity index (χ1v) is 6.88. The normalized spacial score (nSPS) is 11.5. The van der Waals surface area contributed by atoms with E-state index < -0.39 is 11.7 Å². The smallest absolute Gasteiger partial charge is 0.326 e. The van der Waals surface area contributed by atoms with E-state index in [2.05, 4.69) is 32.8 Å². The molecule has 0 saturated heterocycles. The number of aromatic nitrogens is 2. The zero-order valence-corrected chi connectivity index (χ0v) is 12.8. The first-order chi connectivity index (χ1) is 9.79. The fraction of sp³-hybridized carbons (Fsp3) is 0.214. The lowest BCUT2D eigenvalue weighted by Gasteiger charge is -2.12. The molecule has 0 radical (unpaired) electrons. The maximum absolute atomic E-state index is 12.8. The Hall–Kier alpha value is -1.76. The minimum Gasteiger partial charge on any atom is -0.326 e. The number of anilines is 2. The van der Waals surface area contributed by atoms with Crippen molar-refractivity contribution in [2.75, 3.05) is 5.32 Å². The number of alkyl halides is 3. The van der Waals surface area contributed by atoms with Crippen molar-refractivity contribution in [3.05, 3.63) is 52.8 Å². The minimum absolute atomic E-state index is 0.313. The average molecular weight is 360 g/mol.